The zero-order chi connectivity index (χ0) is 10.9. The normalized spacial score (nSPS) is 12.3. The van der Waals surface area contributed by atoms with Crippen molar-refractivity contribution in [2.24, 2.45) is 5.41 Å². The van der Waals surface area contributed by atoms with E-state index in [9.17, 15) is 13.2 Å². The predicted molar refractivity (Wildman–Crippen MR) is 46.2 cm³/mol. The van der Waals surface area contributed by atoms with Gasteiger partial charge in [-0.3, -0.25) is 4.55 Å². The molecular weight excluding hydrogens is 196 g/mol. The van der Waals surface area contributed by atoms with Crippen molar-refractivity contribution in [2.45, 2.75) is 20.8 Å². The molecule has 0 aliphatic rings. The number of rotatable bonds is 2. The third-order valence-electron chi connectivity index (χ3n) is 1.33. The Balaban J connectivity index is 4.58. The molecule has 0 fully saturated rings. The molecule has 0 aromatic heterocycles. The third-order valence-corrected chi connectivity index (χ3v) is 1.69. The molecule has 76 valence electrons. The Hall–Kier alpha value is -0.880. The topological polar surface area (TPSA) is 80.7 Å². The Bertz CT molecular complexity index is 319. The lowest BCUT2D eigenvalue weighted by Crippen LogP contribution is -2.21. The summed E-state index contributed by atoms with van der Waals surface area (Å²) in [6.07, 6.45) is 0. The number of hydrogen-bond acceptors (Lipinski definition) is 4. The van der Waals surface area contributed by atoms with Crippen LogP contribution in [0.15, 0.2) is 12.2 Å². The summed E-state index contributed by atoms with van der Waals surface area (Å²) in [4.78, 5) is 10.9. The SMILES string of the molecule is C=C(C(=O)OS(=O)(=O)O)C(C)(C)C. The van der Waals surface area contributed by atoms with Gasteiger partial charge < -0.3 is 4.18 Å². The maximum absolute atomic E-state index is 10.9. The lowest BCUT2D eigenvalue weighted by atomic mass is 9.88. The van der Waals surface area contributed by atoms with Gasteiger partial charge in [-0.1, -0.05) is 27.4 Å². The lowest BCUT2D eigenvalue weighted by Gasteiger charge is -2.18. The van der Waals surface area contributed by atoms with Crippen molar-refractivity contribution in [1.29, 1.82) is 0 Å². The van der Waals surface area contributed by atoms with Gasteiger partial charge in [0.2, 0.25) is 0 Å². The van der Waals surface area contributed by atoms with Gasteiger partial charge in [-0.2, -0.15) is 8.42 Å². The average Bonchev–Trinajstić information content (AvgIpc) is 1.79. The summed E-state index contributed by atoms with van der Waals surface area (Å²) in [5, 5.41) is 0. The second kappa shape index (κ2) is 3.47. The van der Waals surface area contributed by atoms with E-state index in [4.69, 9.17) is 4.55 Å². The van der Waals surface area contributed by atoms with Crippen LogP contribution in [0.2, 0.25) is 0 Å². The Morgan fingerprint density at radius 1 is 1.38 bits per heavy atom. The molecule has 0 saturated carbocycles. The van der Waals surface area contributed by atoms with Crippen LogP contribution in [0.4, 0.5) is 0 Å². The lowest BCUT2D eigenvalue weighted by molar-refractivity contribution is -0.131. The van der Waals surface area contributed by atoms with Gasteiger partial charge in [-0.15, -0.1) is 0 Å². The van der Waals surface area contributed by atoms with Crippen LogP contribution in [0, 0.1) is 5.41 Å². The summed E-state index contributed by atoms with van der Waals surface area (Å²) in [6.45, 7) is 8.36. The van der Waals surface area contributed by atoms with E-state index in [1.165, 1.54) is 0 Å². The van der Waals surface area contributed by atoms with E-state index in [2.05, 4.69) is 10.8 Å². The first-order valence-corrected chi connectivity index (χ1v) is 4.81. The number of carbonyl (C=O) groups is 1. The van der Waals surface area contributed by atoms with E-state index in [1.807, 2.05) is 0 Å². The molecule has 13 heavy (non-hydrogen) atoms. The molecule has 5 nitrogen and oxygen atoms in total. The van der Waals surface area contributed by atoms with E-state index in [0.717, 1.165) is 0 Å². The third kappa shape index (κ3) is 4.64. The summed E-state index contributed by atoms with van der Waals surface area (Å²) in [7, 11) is -4.74. The molecule has 1 N–H and O–H groups in total. The summed E-state index contributed by atoms with van der Waals surface area (Å²) >= 11 is 0. The second-order valence-corrected chi connectivity index (χ2v) is 4.55. The molecule has 0 aliphatic heterocycles. The Morgan fingerprint density at radius 2 is 1.77 bits per heavy atom. The summed E-state index contributed by atoms with van der Waals surface area (Å²) < 4.78 is 32.2. The molecule has 0 aromatic carbocycles. The van der Waals surface area contributed by atoms with Crippen LogP contribution in [0.1, 0.15) is 20.8 Å². The molecule has 0 aliphatic carbocycles. The van der Waals surface area contributed by atoms with E-state index < -0.39 is 21.8 Å². The summed E-state index contributed by atoms with van der Waals surface area (Å²) in [5.74, 6) is -1.14. The maximum Gasteiger partial charge on any atom is 0.449 e. The number of carbonyl (C=O) groups excluding carboxylic acids is 1. The van der Waals surface area contributed by atoms with Gasteiger partial charge in [0, 0.05) is 5.57 Å². The van der Waals surface area contributed by atoms with Crippen molar-refractivity contribution >= 4 is 16.4 Å². The largest absolute Gasteiger partial charge is 0.449 e. The molecular formula is C7H12O5S. The van der Waals surface area contributed by atoms with Crippen LogP contribution < -0.4 is 0 Å². The Morgan fingerprint density at radius 3 is 2.00 bits per heavy atom. The molecule has 0 heterocycles. The van der Waals surface area contributed by atoms with E-state index >= 15 is 0 Å². The summed E-state index contributed by atoms with van der Waals surface area (Å²) in [6, 6.07) is 0. The van der Waals surface area contributed by atoms with Gasteiger partial charge in [0.15, 0.2) is 0 Å². The van der Waals surface area contributed by atoms with E-state index in [1.54, 1.807) is 20.8 Å². The van der Waals surface area contributed by atoms with Gasteiger partial charge in [-0.05, 0) is 5.41 Å². The highest BCUT2D eigenvalue weighted by Crippen LogP contribution is 2.24. The monoisotopic (exact) mass is 208 g/mol. The zero-order valence-electron chi connectivity index (χ0n) is 7.70. The molecule has 0 amide bonds. The fourth-order valence-electron chi connectivity index (χ4n) is 0.452. The van der Waals surface area contributed by atoms with Crippen LogP contribution >= 0.6 is 0 Å². The van der Waals surface area contributed by atoms with Gasteiger partial charge in [-0.25, -0.2) is 4.79 Å². The zero-order valence-corrected chi connectivity index (χ0v) is 8.51. The first-order valence-electron chi connectivity index (χ1n) is 3.44. The molecule has 0 aromatic rings. The van der Waals surface area contributed by atoms with Crippen LogP contribution in [0.25, 0.3) is 0 Å². The molecule has 0 bridgehead atoms. The fourth-order valence-corrected chi connectivity index (χ4v) is 0.744. The van der Waals surface area contributed by atoms with Crippen LogP contribution in [0.3, 0.4) is 0 Å². The Kier molecular flexibility index (Phi) is 3.23. The highest BCUT2D eigenvalue weighted by atomic mass is 32.3. The second-order valence-electron chi connectivity index (χ2n) is 3.53. The van der Waals surface area contributed by atoms with Crippen molar-refractivity contribution in [3.63, 3.8) is 0 Å². The van der Waals surface area contributed by atoms with E-state index in [-0.39, 0.29) is 5.57 Å². The minimum atomic E-state index is -4.74. The number of hydrogen-bond donors (Lipinski definition) is 1. The smallest absolute Gasteiger partial charge is 0.321 e. The molecule has 0 atom stereocenters. The maximum atomic E-state index is 10.9. The van der Waals surface area contributed by atoms with Crippen LogP contribution in [-0.2, 0) is 19.4 Å². The van der Waals surface area contributed by atoms with Crippen molar-refractivity contribution < 1.29 is 21.9 Å². The molecule has 0 unspecified atom stereocenters. The first-order chi connectivity index (χ1) is 5.54. The highest BCUT2D eigenvalue weighted by Gasteiger charge is 2.26. The van der Waals surface area contributed by atoms with Gasteiger partial charge in [0.05, 0.1) is 0 Å². The minimum Gasteiger partial charge on any atom is -0.321 e. The molecule has 0 radical (unpaired) electrons. The Labute approximate surface area is 77.4 Å². The van der Waals surface area contributed by atoms with Crippen molar-refractivity contribution in [2.75, 3.05) is 0 Å². The van der Waals surface area contributed by atoms with Crippen LogP contribution in [0.5, 0.6) is 0 Å². The fraction of sp³-hybridized carbons (Fsp3) is 0.571. The molecule has 6 heteroatoms. The highest BCUT2D eigenvalue weighted by molar-refractivity contribution is 7.81. The molecule has 0 spiro atoms. The van der Waals surface area contributed by atoms with Gasteiger partial charge in [0.25, 0.3) is 0 Å². The summed E-state index contributed by atoms with van der Waals surface area (Å²) in [5.41, 5.74) is -0.618. The van der Waals surface area contributed by atoms with Crippen LogP contribution in [-0.4, -0.2) is 18.9 Å². The molecule has 0 saturated heterocycles. The minimum absolute atomic E-state index is 0.0230. The quantitative estimate of drug-likeness (QED) is 0.539. The molecule has 0 rings (SSSR count). The first kappa shape index (κ1) is 12.1. The van der Waals surface area contributed by atoms with Gasteiger partial charge in [0.1, 0.15) is 0 Å². The average molecular weight is 208 g/mol. The van der Waals surface area contributed by atoms with Crippen molar-refractivity contribution in [1.82, 2.24) is 0 Å². The van der Waals surface area contributed by atoms with Crippen molar-refractivity contribution in [3.8, 4) is 0 Å². The van der Waals surface area contributed by atoms with E-state index in [0.29, 0.717) is 0 Å². The van der Waals surface area contributed by atoms with Crippen molar-refractivity contribution in [3.05, 3.63) is 12.2 Å². The van der Waals surface area contributed by atoms with Gasteiger partial charge >= 0.3 is 16.4 Å². The predicted octanol–water partition coefficient (Wildman–Crippen LogP) is 0.935. The standard InChI is InChI=1S/C7H12O5S/c1-5(7(2,3)4)6(8)12-13(9,10)11/h1H2,2-4H3,(H,9,10,11).